The van der Waals surface area contributed by atoms with Crippen LogP contribution in [0.1, 0.15) is 5.56 Å². The lowest BCUT2D eigenvalue weighted by Gasteiger charge is -2.08. The van der Waals surface area contributed by atoms with Crippen LogP contribution in [-0.4, -0.2) is 18.8 Å². The highest BCUT2D eigenvalue weighted by molar-refractivity contribution is 7.99. The van der Waals surface area contributed by atoms with Crippen LogP contribution >= 0.6 is 23.4 Å². The van der Waals surface area contributed by atoms with Gasteiger partial charge in [-0.2, -0.15) is 0 Å². The first kappa shape index (κ1) is 15.7. The van der Waals surface area contributed by atoms with E-state index in [1.165, 1.54) is 5.56 Å². The Balaban J connectivity index is 1.80. The first-order valence-electron chi connectivity index (χ1n) is 6.44. The lowest BCUT2D eigenvalue weighted by Crippen LogP contribution is -2.14. The van der Waals surface area contributed by atoms with Crippen LogP contribution < -0.4 is 10.1 Å². The van der Waals surface area contributed by atoms with Gasteiger partial charge in [0.1, 0.15) is 5.75 Å². The second-order valence-corrected chi connectivity index (χ2v) is 5.77. The standard InChI is InChI=1S/C16H16ClNO2S/c1-20-15-8-7-13(9-14(15)17)18-16(19)11-21-10-12-5-3-2-4-6-12/h2-9H,10-11H2,1H3,(H,18,19). The number of thioether (sulfide) groups is 1. The number of hydrogen-bond donors (Lipinski definition) is 1. The third-order valence-electron chi connectivity index (χ3n) is 2.78. The first-order valence-corrected chi connectivity index (χ1v) is 7.97. The summed E-state index contributed by atoms with van der Waals surface area (Å²) in [5.41, 5.74) is 1.88. The Bertz CT molecular complexity index is 604. The number of rotatable bonds is 6. The fourth-order valence-electron chi connectivity index (χ4n) is 1.78. The highest BCUT2D eigenvalue weighted by atomic mass is 35.5. The molecule has 1 N–H and O–H groups in total. The Morgan fingerprint density at radius 1 is 1.24 bits per heavy atom. The SMILES string of the molecule is COc1ccc(NC(=O)CSCc2ccccc2)cc1Cl. The molecule has 0 saturated heterocycles. The Kier molecular flexibility index (Phi) is 5.96. The average Bonchev–Trinajstić information content (AvgIpc) is 2.48. The van der Waals surface area contributed by atoms with E-state index in [9.17, 15) is 4.79 Å². The molecule has 0 unspecified atom stereocenters. The molecular formula is C16H16ClNO2S. The van der Waals surface area contributed by atoms with Gasteiger partial charge in [-0.1, -0.05) is 41.9 Å². The fourth-order valence-corrected chi connectivity index (χ4v) is 2.82. The third kappa shape index (κ3) is 4.99. The number of benzene rings is 2. The Labute approximate surface area is 133 Å². The summed E-state index contributed by atoms with van der Waals surface area (Å²) in [6.07, 6.45) is 0. The number of nitrogens with one attached hydrogen (secondary N) is 1. The van der Waals surface area contributed by atoms with Gasteiger partial charge in [-0.15, -0.1) is 11.8 Å². The van der Waals surface area contributed by atoms with Crippen molar-refractivity contribution in [2.24, 2.45) is 0 Å². The molecule has 3 nitrogen and oxygen atoms in total. The Morgan fingerprint density at radius 3 is 2.67 bits per heavy atom. The van der Waals surface area contributed by atoms with Gasteiger partial charge in [0.25, 0.3) is 0 Å². The van der Waals surface area contributed by atoms with Crippen LogP contribution in [0.2, 0.25) is 5.02 Å². The van der Waals surface area contributed by atoms with E-state index in [-0.39, 0.29) is 5.91 Å². The van der Waals surface area contributed by atoms with Crippen LogP contribution in [0.15, 0.2) is 48.5 Å². The molecule has 0 spiro atoms. The fraction of sp³-hybridized carbons (Fsp3) is 0.188. The normalized spacial score (nSPS) is 10.2. The summed E-state index contributed by atoms with van der Waals surface area (Å²) in [4.78, 5) is 11.9. The van der Waals surface area contributed by atoms with Gasteiger partial charge in [0.15, 0.2) is 0 Å². The van der Waals surface area contributed by atoms with Gasteiger partial charge < -0.3 is 10.1 Å². The molecule has 0 atom stereocenters. The van der Waals surface area contributed by atoms with Crippen molar-refractivity contribution in [3.05, 3.63) is 59.1 Å². The minimum atomic E-state index is -0.0443. The van der Waals surface area contributed by atoms with Crippen LogP contribution in [-0.2, 0) is 10.5 Å². The summed E-state index contributed by atoms with van der Waals surface area (Å²) in [5, 5.41) is 3.30. The van der Waals surface area contributed by atoms with Crippen LogP contribution in [0.25, 0.3) is 0 Å². The van der Waals surface area contributed by atoms with Crippen molar-refractivity contribution in [3.8, 4) is 5.75 Å². The van der Waals surface area contributed by atoms with Gasteiger partial charge in [-0.3, -0.25) is 4.79 Å². The predicted octanol–water partition coefficient (Wildman–Crippen LogP) is 4.22. The second-order valence-electron chi connectivity index (χ2n) is 4.38. The molecule has 0 fully saturated rings. The molecule has 0 radical (unpaired) electrons. The third-order valence-corrected chi connectivity index (χ3v) is 4.08. The van der Waals surface area contributed by atoms with Crippen molar-refractivity contribution < 1.29 is 9.53 Å². The number of carbonyl (C=O) groups excluding carboxylic acids is 1. The van der Waals surface area contributed by atoms with Crippen LogP contribution in [0.3, 0.4) is 0 Å². The zero-order valence-corrected chi connectivity index (χ0v) is 13.2. The largest absolute Gasteiger partial charge is 0.495 e. The maximum atomic E-state index is 11.9. The van der Waals surface area contributed by atoms with E-state index in [1.54, 1.807) is 37.1 Å². The molecule has 0 bridgehead atoms. The molecule has 1 amide bonds. The van der Waals surface area contributed by atoms with Gasteiger partial charge >= 0.3 is 0 Å². The van der Waals surface area contributed by atoms with Crippen molar-refractivity contribution in [2.45, 2.75) is 5.75 Å². The van der Waals surface area contributed by atoms with Crippen molar-refractivity contribution in [2.75, 3.05) is 18.2 Å². The number of halogens is 1. The minimum Gasteiger partial charge on any atom is -0.495 e. The number of anilines is 1. The monoisotopic (exact) mass is 321 g/mol. The number of methoxy groups -OCH3 is 1. The number of carbonyl (C=O) groups is 1. The molecular weight excluding hydrogens is 306 g/mol. The van der Waals surface area contributed by atoms with Gasteiger partial charge in [0, 0.05) is 11.4 Å². The molecule has 5 heteroatoms. The molecule has 0 aromatic heterocycles. The van der Waals surface area contributed by atoms with Crippen molar-refractivity contribution in [3.63, 3.8) is 0 Å². The van der Waals surface area contributed by atoms with E-state index in [0.717, 1.165) is 5.75 Å². The topological polar surface area (TPSA) is 38.3 Å². The zero-order valence-electron chi connectivity index (χ0n) is 11.6. The van der Waals surface area contributed by atoms with Crippen molar-refractivity contribution >= 4 is 35.0 Å². The van der Waals surface area contributed by atoms with Crippen LogP contribution in [0.5, 0.6) is 5.75 Å². The molecule has 2 aromatic carbocycles. The van der Waals surface area contributed by atoms with Crippen molar-refractivity contribution in [1.82, 2.24) is 0 Å². The van der Waals surface area contributed by atoms with E-state index in [4.69, 9.17) is 16.3 Å². The predicted molar refractivity (Wildman–Crippen MR) is 89.2 cm³/mol. The molecule has 0 saturated carbocycles. The molecule has 0 heterocycles. The van der Waals surface area contributed by atoms with E-state index in [0.29, 0.717) is 22.2 Å². The van der Waals surface area contributed by atoms with Gasteiger partial charge in [-0.05, 0) is 23.8 Å². The average molecular weight is 322 g/mol. The van der Waals surface area contributed by atoms with Crippen LogP contribution in [0.4, 0.5) is 5.69 Å². The molecule has 110 valence electrons. The summed E-state index contributed by atoms with van der Waals surface area (Å²) in [7, 11) is 1.56. The molecule has 0 aliphatic carbocycles. The molecule has 2 aromatic rings. The van der Waals surface area contributed by atoms with E-state index in [1.807, 2.05) is 30.3 Å². The quantitative estimate of drug-likeness (QED) is 0.865. The van der Waals surface area contributed by atoms with Gasteiger partial charge in [0.2, 0.25) is 5.91 Å². The zero-order chi connectivity index (χ0) is 15.1. The van der Waals surface area contributed by atoms with E-state index >= 15 is 0 Å². The smallest absolute Gasteiger partial charge is 0.234 e. The molecule has 0 aliphatic rings. The number of ether oxygens (including phenoxy) is 1. The minimum absolute atomic E-state index is 0.0443. The Hall–Kier alpha value is -1.65. The summed E-state index contributed by atoms with van der Waals surface area (Å²) in [6.45, 7) is 0. The maximum absolute atomic E-state index is 11.9. The van der Waals surface area contributed by atoms with E-state index in [2.05, 4.69) is 5.32 Å². The summed E-state index contributed by atoms with van der Waals surface area (Å²) in [5.74, 6) is 1.76. The van der Waals surface area contributed by atoms with Gasteiger partial charge in [-0.25, -0.2) is 0 Å². The number of hydrogen-bond acceptors (Lipinski definition) is 3. The highest BCUT2D eigenvalue weighted by Gasteiger charge is 2.06. The number of amides is 1. The summed E-state index contributed by atoms with van der Waals surface area (Å²) >= 11 is 7.59. The van der Waals surface area contributed by atoms with Crippen LogP contribution in [0, 0.1) is 0 Å². The first-order chi connectivity index (χ1) is 10.2. The molecule has 0 aliphatic heterocycles. The summed E-state index contributed by atoms with van der Waals surface area (Å²) in [6, 6.07) is 15.3. The Morgan fingerprint density at radius 2 is 2.00 bits per heavy atom. The lowest BCUT2D eigenvalue weighted by atomic mass is 10.2. The molecule has 2 rings (SSSR count). The molecule has 21 heavy (non-hydrogen) atoms. The van der Waals surface area contributed by atoms with Crippen molar-refractivity contribution in [1.29, 1.82) is 0 Å². The highest BCUT2D eigenvalue weighted by Crippen LogP contribution is 2.27. The van der Waals surface area contributed by atoms with Gasteiger partial charge in [0.05, 0.1) is 17.9 Å². The lowest BCUT2D eigenvalue weighted by molar-refractivity contribution is -0.113. The second kappa shape index (κ2) is 7.96. The maximum Gasteiger partial charge on any atom is 0.234 e. The van der Waals surface area contributed by atoms with E-state index < -0.39 is 0 Å². The summed E-state index contributed by atoms with van der Waals surface area (Å²) < 4.78 is 5.07.